The fraction of sp³-hybridized carbons (Fsp3) is 0.182. The molecule has 6 nitrogen and oxygen atoms in total. The molecule has 0 aliphatic carbocycles. The molecule has 0 saturated heterocycles. The summed E-state index contributed by atoms with van der Waals surface area (Å²) in [5.74, 6) is -2.13. The number of halogens is 1. The second kappa shape index (κ2) is 5.76. The van der Waals surface area contributed by atoms with Crippen LogP contribution in [0.3, 0.4) is 0 Å². The number of carbonyl (C=O) groups is 3. The molecule has 1 atom stereocenters. The molecule has 96 valence electrons. The fourth-order valence-corrected chi connectivity index (χ4v) is 1.09. The molecule has 3 N–H and O–H groups in total. The zero-order valence-corrected chi connectivity index (χ0v) is 9.48. The second-order valence-corrected chi connectivity index (χ2v) is 3.41. The van der Waals surface area contributed by atoms with Crippen molar-refractivity contribution in [2.75, 3.05) is 0 Å². The van der Waals surface area contributed by atoms with Gasteiger partial charge in [-0.15, -0.1) is 0 Å². The van der Waals surface area contributed by atoms with Crippen molar-refractivity contribution < 1.29 is 23.5 Å². The highest BCUT2D eigenvalue weighted by molar-refractivity contribution is 5.97. The van der Waals surface area contributed by atoms with Crippen molar-refractivity contribution >= 4 is 17.9 Å². The summed E-state index contributed by atoms with van der Waals surface area (Å²) >= 11 is 0. The molecule has 0 radical (unpaired) electrons. The summed E-state index contributed by atoms with van der Waals surface area (Å²) in [6.07, 6.45) is -1.19. The smallest absolute Gasteiger partial charge is 0.338 e. The molecule has 0 spiro atoms. The van der Waals surface area contributed by atoms with Crippen LogP contribution >= 0.6 is 0 Å². The normalized spacial score (nSPS) is 11.4. The molecule has 1 aromatic rings. The van der Waals surface area contributed by atoms with Gasteiger partial charge in [0, 0.05) is 0 Å². The highest BCUT2D eigenvalue weighted by Gasteiger charge is 2.19. The average molecular weight is 254 g/mol. The molecule has 18 heavy (non-hydrogen) atoms. The number of imide groups is 1. The van der Waals surface area contributed by atoms with Crippen molar-refractivity contribution in [1.82, 2.24) is 5.32 Å². The molecule has 0 aromatic heterocycles. The topological polar surface area (TPSA) is 98.5 Å². The molecule has 3 amide bonds. The minimum atomic E-state index is -1.19. The third-order valence-electron chi connectivity index (χ3n) is 1.98. The lowest BCUT2D eigenvalue weighted by Crippen LogP contribution is -2.42. The largest absolute Gasteiger partial charge is 0.449 e. The third kappa shape index (κ3) is 3.85. The predicted octanol–water partition coefficient (Wildman–Crippen LogP) is 0.566. The number of esters is 1. The fourth-order valence-electron chi connectivity index (χ4n) is 1.09. The number of ether oxygens (including phenoxy) is 1. The Morgan fingerprint density at radius 3 is 2.33 bits per heavy atom. The number of hydrogen-bond acceptors (Lipinski definition) is 4. The monoisotopic (exact) mass is 254 g/mol. The first-order valence-electron chi connectivity index (χ1n) is 4.97. The summed E-state index contributed by atoms with van der Waals surface area (Å²) in [4.78, 5) is 33.2. The number of hydrogen-bond donors (Lipinski definition) is 2. The molecule has 1 aromatic carbocycles. The molecule has 0 unspecified atom stereocenters. The molecule has 0 aliphatic heterocycles. The Bertz CT molecular complexity index is 472. The number of primary amides is 1. The lowest BCUT2D eigenvalue weighted by Gasteiger charge is -2.11. The van der Waals surface area contributed by atoms with Gasteiger partial charge in [-0.05, 0) is 31.2 Å². The Kier molecular flexibility index (Phi) is 4.36. The van der Waals surface area contributed by atoms with Crippen LogP contribution in [-0.4, -0.2) is 24.0 Å². The summed E-state index contributed by atoms with van der Waals surface area (Å²) in [5, 5.41) is 1.77. The van der Waals surface area contributed by atoms with Gasteiger partial charge in [0.05, 0.1) is 5.56 Å². The summed E-state index contributed by atoms with van der Waals surface area (Å²) in [6.45, 7) is 1.28. The first-order valence-corrected chi connectivity index (χ1v) is 4.97. The van der Waals surface area contributed by atoms with Gasteiger partial charge < -0.3 is 10.5 Å². The molecule has 0 aliphatic rings. The van der Waals surface area contributed by atoms with E-state index in [0.717, 1.165) is 12.1 Å². The zero-order valence-electron chi connectivity index (χ0n) is 9.48. The molecule has 1 rings (SSSR count). The van der Waals surface area contributed by atoms with Gasteiger partial charge in [-0.2, -0.15) is 0 Å². The van der Waals surface area contributed by atoms with Crippen molar-refractivity contribution in [3.63, 3.8) is 0 Å². The third-order valence-corrected chi connectivity index (χ3v) is 1.98. The van der Waals surface area contributed by atoms with Gasteiger partial charge in [0.1, 0.15) is 5.82 Å². The molecule has 7 heteroatoms. The standard InChI is InChI=1S/C11H11FN2O4/c1-6(9(15)14-11(13)17)18-10(16)7-2-4-8(12)5-3-7/h2-6H,1H3,(H3,13,14,15,17)/t6-/m1/s1. The first kappa shape index (κ1) is 13.6. The molecular weight excluding hydrogens is 243 g/mol. The lowest BCUT2D eigenvalue weighted by atomic mass is 10.2. The van der Waals surface area contributed by atoms with E-state index < -0.39 is 29.8 Å². The van der Waals surface area contributed by atoms with Crippen molar-refractivity contribution in [2.45, 2.75) is 13.0 Å². The molecular formula is C11H11FN2O4. The molecule has 0 bridgehead atoms. The van der Waals surface area contributed by atoms with Crippen LogP contribution in [0.1, 0.15) is 17.3 Å². The predicted molar refractivity (Wildman–Crippen MR) is 59.0 cm³/mol. The summed E-state index contributed by atoms with van der Waals surface area (Å²) in [5.41, 5.74) is 4.83. The van der Waals surface area contributed by atoms with E-state index >= 15 is 0 Å². The van der Waals surface area contributed by atoms with E-state index in [4.69, 9.17) is 10.5 Å². The van der Waals surface area contributed by atoms with Gasteiger partial charge in [-0.1, -0.05) is 0 Å². The minimum Gasteiger partial charge on any atom is -0.449 e. The quantitative estimate of drug-likeness (QED) is 0.770. The Morgan fingerprint density at radius 2 is 1.83 bits per heavy atom. The number of urea groups is 1. The van der Waals surface area contributed by atoms with Crippen LogP contribution in [0.5, 0.6) is 0 Å². The van der Waals surface area contributed by atoms with Crippen LogP contribution in [0.25, 0.3) is 0 Å². The molecule has 0 fully saturated rings. The summed E-state index contributed by atoms with van der Waals surface area (Å²) < 4.78 is 17.4. The zero-order chi connectivity index (χ0) is 13.7. The van der Waals surface area contributed by atoms with E-state index in [9.17, 15) is 18.8 Å². The van der Waals surface area contributed by atoms with E-state index in [2.05, 4.69) is 0 Å². The van der Waals surface area contributed by atoms with Gasteiger partial charge in [0.15, 0.2) is 6.10 Å². The first-order chi connectivity index (χ1) is 8.40. The van der Waals surface area contributed by atoms with Crippen molar-refractivity contribution in [1.29, 1.82) is 0 Å². The number of nitrogens with two attached hydrogens (primary N) is 1. The number of nitrogens with one attached hydrogen (secondary N) is 1. The van der Waals surface area contributed by atoms with Gasteiger partial charge in [-0.3, -0.25) is 10.1 Å². The van der Waals surface area contributed by atoms with Crippen LogP contribution in [0.4, 0.5) is 9.18 Å². The van der Waals surface area contributed by atoms with Gasteiger partial charge in [0.2, 0.25) is 0 Å². The van der Waals surface area contributed by atoms with Crippen LogP contribution < -0.4 is 11.1 Å². The average Bonchev–Trinajstić information content (AvgIpc) is 2.28. The lowest BCUT2D eigenvalue weighted by molar-refractivity contribution is -0.127. The number of amides is 3. The maximum Gasteiger partial charge on any atom is 0.338 e. The van der Waals surface area contributed by atoms with E-state index in [0.29, 0.717) is 0 Å². The number of rotatable bonds is 3. The molecule has 0 heterocycles. The van der Waals surface area contributed by atoms with Gasteiger partial charge >= 0.3 is 12.0 Å². The maximum atomic E-state index is 12.6. The van der Waals surface area contributed by atoms with Crippen LogP contribution in [0.15, 0.2) is 24.3 Å². The van der Waals surface area contributed by atoms with Gasteiger partial charge in [0.25, 0.3) is 5.91 Å². The maximum absolute atomic E-state index is 12.6. The van der Waals surface area contributed by atoms with Crippen molar-refractivity contribution in [2.24, 2.45) is 5.73 Å². The van der Waals surface area contributed by atoms with Crippen molar-refractivity contribution in [3.05, 3.63) is 35.6 Å². The number of benzene rings is 1. The highest BCUT2D eigenvalue weighted by Crippen LogP contribution is 2.06. The van der Waals surface area contributed by atoms with Crippen LogP contribution in [-0.2, 0) is 9.53 Å². The second-order valence-electron chi connectivity index (χ2n) is 3.41. The minimum absolute atomic E-state index is 0.0927. The Balaban J connectivity index is 2.62. The number of carbonyl (C=O) groups excluding carboxylic acids is 3. The molecule has 0 saturated carbocycles. The SMILES string of the molecule is C[C@@H](OC(=O)c1ccc(F)cc1)C(=O)NC(N)=O. The van der Waals surface area contributed by atoms with E-state index in [1.807, 2.05) is 0 Å². The van der Waals surface area contributed by atoms with E-state index in [1.54, 1.807) is 5.32 Å². The Labute approximate surface area is 102 Å². The Morgan fingerprint density at radius 1 is 1.28 bits per heavy atom. The van der Waals surface area contributed by atoms with E-state index in [1.165, 1.54) is 19.1 Å². The van der Waals surface area contributed by atoms with Crippen molar-refractivity contribution in [3.8, 4) is 0 Å². The van der Waals surface area contributed by atoms with Crippen LogP contribution in [0.2, 0.25) is 0 Å². The highest BCUT2D eigenvalue weighted by atomic mass is 19.1. The van der Waals surface area contributed by atoms with Crippen LogP contribution in [0, 0.1) is 5.82 Å². The summed E-state index contributed by atoms with van der Waals surface area (Å²) in [6, 6.07) is 3.58. The summed E-state index contributed by atoms with van der Waals surface area (Å²) in [7, 11) is 0. The van der Waals surface area contributed by atoms with Gasteiger partial charge in [-0.25, -0.2) is 14.0 Å². The van der Waals surface area contributed by atoms with E-state index in [-0.39, 0.29) is 5.56 Å². The Hall–Kier alpha value is -2.44.